The molecule has 0 aliphatic carbocycles. The van der Waals surface area contributed by atoms with Crippen LogP contribution < -0.4 is 10.3 Å². The number of carboxylic acids is 1. The molecule has 122 valence electrons. The first-order chi connectivity index (χ1) is 10.8. The van der Waals surface area contributed by atoms with Crippen LogP contribution in [0.4, 0.5) is 5.69 Å². The second-order valence-corrected chi connectivity index (χ2v) is 6.66. The van der Waals surface area contributed by atoms with E-state index in [0.717, 1.165) is 5.56 Å². The molecule has 0 aliphatic heterocycles. The Kier molecular flexibility index (Phi) is 4.85. The molecule has 0 unspecified atom stereocenters. The van der Waals surface area contributed by atoms with Gasteiger partial charge in [-0.05, 0) is 36.2 Å². The Morgan fingerprint density at radius 1 is 1.22 bits per heavy atom. The van der Waals surface area contributed by atoms with Crippen molar-refractivity contribution in [3.8, 4) is 0 Å². The van der Waals surface area contributed by atoms with Gasteiger partial charge in [0.15, 0.2) is 0 Å². The molecule has 0 saturated carbocycles. The minimum absolute atomic E-state index is 0.00230. The maximum atomic E-state index is 12.3. The van der Waals surface area contributed by atoms with E-state index in [0.29, 0.717) is 6.42 Å². The predicted octanol–water partition coefficient (Wildman–Crippen LogP) is 1.20. The maximum absolute atomic E-state index is 12.3. The summed E-state index contributed by atoms with van der Waals surface area (Å²) in [5.41, 5.74) is 0.237. The lowest BCUT2D eigenvalue weighted by molar-refractivity contribution is -0.136. The second kappa shape index (κ2) is 6.66. The van der Waals surface area contributed by atoms with Gasteiger partial charge >= 0.3 is 5.97 Å². The van der Waals surface area contributed by atoms with Gasteiger partial charge in [-0.1, -0.05) is 12.1 Å². The van der Waals surface area contributed by atoms with Crippen LogP contribution in [0.15, 0.2) is 52.3 Å². The standard InChI is InChI=1S/C15H16N2O5S/c1-17-10-2-3-13(15(17)20)16-23(21,22)12-7-4-11(5-8-12)6-9-14(18)19/h2-5,7-8,10,16H,6,9H2,1H3,(H,18,19). The molecule has 0 fully saturated rings. The average molecular weight is 336 g/mol. The van der Waals surface area contributed by atoms with Crippen molar-refractivity contribution in [1.82, 2.24) is 4.57 Å². The molecule has 2 N–H and O–H groups in total. The number of nitrogens with zero attached hydrogens (tertiary/aromatic N) is 1. The van der Waals surface area contributed by atoms with Crippen molar-refractivity contribution in [2.24, 2.45) is 7.05 Å². The molecule has 0 bridgehead atoms. The molecular weight excluding hydrogens is 320 g/mol. The number of hydrogen-bond acceptors (Lipinski definition) is 4. The summed E-state index contributed by atoms with van der Waals surface area (Å²) in [6, 6.07) is 8.83. The Labute approximate surface area is 133 Å². The van der Waals surface area contributed by atoms with E-state index in [1.165, 1.54) is 36.0 Å². The summed E-state index contributed by atoms with van der Waals surface area (Å²) in [7, 11) is -2.36. The Bertz CT molecular complexity index is 869. The van der Waals surface area contributed by atoms with Crippen LogP contribution in [-0.4, -0.2) is 24.1 Å². The highest BCUT2D eigenvalue weighted by atomic mass is 32.2. The number of nitrogens with one attached hydrogen (secondary N) is 1. The van der Waals surface area contributed by atoms with Gasteiger partial charge in [0.1, 0.15) is 5.69 Å². The van der Waals surface area contributed by atoms with Crippen molar-refractivity contribution < 1.29 is 18.3 Å². The third kappa shape index (κ3) is 4.19. The Morgan fingerprint density at radius 2 is 1.87 bits per heavy atom. The summed E-state index contributed by atoms with van der Waals surface area (Å²) in [4.78, 5) is 22.4. The SMILES string of the molecule is Cn1cccc(NS(=O)(=O)c2ccc(CCC(=O)O)cc2)c1=O. The van der Waals surface area contributed by atoms with E-state index in [1.54, 1.807) is 18.2 Å². The van der Waals surface area contributed by atoms with Gasteiger partial charge in [0.2, 0.25) is 0 Å². The predicted molar refractivity (Wildman–Crippen MR) is 84.9 cm³/mol. The van der Waals surface area contributed by atoms with Crippen LogP contribution in [0.2, 0.25) is 0 Å². The lowest BCUT2D eigenvalue weighted by Gasteiger charge is -2.09. The quantitative estimate of drug-likeness (QED) is 0.824. The molecule has 2 rings (SSSR count). The van der Waals surface area contributed by atoms with Crippen molar-refractivity contribution in [3.05, 3.63) is 58.5 Å². The Morgan fingerprint density at radius 3 is 2.48 bits per heavy atom. The minimum Gasteiger partial charge on any atom is -0.481 e. The van der Waals surface area contributed by atoms with Crippen molar-refractivity contribution in [3.63, 3.8) is 0 Å². The van der Waals surface area contributed by atoms with Gasteiger partial charge in [-0.3, -0.25) is 14.3 Å². The van der Waals surface area contributed by atoms with Crippen LogP contribution in [0, 0.1) is 0 Å². The molecule has 0 radical (unpaired) electrons. The number of anilines is 1. The minimum atomic E-state index is -3.88. The van der Waals surface area contributed by atoms with Gasteiger partial charge in [0.25, 0.3) is 15.6 Å². The first-order valence-corrected chi connectivity index (χ1v) is 8.27. The smallest absolute Gasteiger partial charge is 0.303 e. The third-order valence-corrected chi connectivity index (χ3v) is 4.61. The fraction of sp³-hybridized carbons (Fsp3) is 0.200. The number of aliphatic carboxylic acids is 1. The fourth-order valence-electron chi connectivity index (χ4n) is 1.97. The zero-order valence-corrected chi connectivity index (χ0v) is 13.2. The number of hydrogen-bond donors (Lipinski definition) is 2. The first kappa shape index (κ1) is 16.8. The van der Waals surface area contributed by atoms with Crippen molar-refractivity contribution in [1.29, 1.82) is 0 Å². The van der Waals surface area contributed by atoms with E-state index in [4.69, 9.17) is 5.11 Å². The molecular formula is C15H16N2O5S. The highest BCUT2D eigenvalue weighted by Crippen LogP contribution is 2.15. The van der Waals surface area contributed by atoms with Crippen molar-refractivity contribution >= 4 is 21.7 Å². The lowest BCUT2D eigenvalue weighted by atomic mass is 10.1. The monoisotopic (exact) mass is 336 g/mol. The van der Waals surface area contributed by atoms with Gasteiger partial charge in [-0.25, -0.2) is 8.42 Å². The molecule has 0 aliphatic rings. The zero-order chi connectivity index (χ0) is 17.0. The summed E-state index contributed by atoms with van der Waals surface area (Å²) >= 11 is 0. The lowest BCUT2D eigenvalue weighted by Crippen LogP contribution is -2.23. The number of aryl methyl sites for hydroxylation is 2. The number of carboxylic acid groups (broad SMARTS) is 1. The second-order valence-electron chi connectivity index (χ2n) is 4.98. The van der Waals surface area contributed by atoms with E-state index in [-0.39, 0.29) is 17.0 Å². The maximum Gasteiger partial charge on any atom is 0.303 e. The normalized spacial score (nSPS) is 11.2. The zero-order valence-electron chi connectivity index (χ0n) is 12.4. The Hall–Kier alpha value is -2.61. The summed E-state index contributed by atoms with van der Waals surface area (Å²) in [6.07, 6.45) is 1.82. The van der Waals surface area contributed by atoms with E-state index >= 15 is 0 Å². The van der Waals surface area contributed by atoms with Crippen LogP contribution in [0.1, 0.15) is 12.0 Å². The molecule has 0 saturated heterocycles. The average Bonchev–Trinajstić information content (AvgIpc) is 2.50. The summed E-state index contributed by atoms with van der Waals surface area (Å²) in [5, 5.41) is 8.63. The van der Waals surface area contributed by atoms with Crippen LogP contribution in [0.25, 0.3) is 0 Å². The number of sulfonamides is 1. The number of benzene rings is 1. The third-order valence-electron chi connectivity index (χ3n) is 3.23. The van der Waals surface area contributed by atoms with Gasteiger partial charge in [-0.2, -0.15) is 0 Å². The fourth-order valence-corrected chi connectivity index (χ4v) is 3.02. The van der Waals surface area contributed by atoms with E-state index in [1.807, 2.05) is 0 Å². The van der Waals surface area contributed by atoms with Gasteiger partial charge in [-0.15, -0.1) is 0 Å². The number of pyridine rings is 1. The molecule has 1 heterocycles. The Balaban J connectivity index is 2.21. The van der Waals surface area contributed by atoms with E-state index in [2.05, 4.69) is 4.72 Å². The summed E-state index contributed by atoms with van der Waals surface area (Å²) in [6.45, 7) is 0. The highest BCUT2D eigenvalue weighted by Gasteiger charge is 2.16. The largest absolute Gasteiger partial charge is 0.481 e. The van der Waals surface area contributed by atoms with Gasteiger partial charge < -0.3 is 9.67 Å². The molecule has 8 heteroatoms. The van der Waals surface area contributed by atoms with E-state index in [9.17, 15) is 18.0 Å². The van der Waals surface area contributed by atoms with E-state index < -0.39 is 21.6 Å². The molecule has 1 aromatic heterocycles. The molecule has 0 atom stereocenters. The van der Waals surface area contributed by atoms with Gasteiger partial charge in [0, 0.05) is 19.7 Å². The number of aromatic nitrogens is 1. The topological polar surface area (TPSA) is 105 Å². The van der Waals surface area contributed by atoms with Crippen LogP contribution in [0.3, 0.4) is 0 Å². The van der Waals surface area contributed by atoms with Crippen molar-refractivity contribution in [2.75, 3.05) is 4.72 Å². The number of rotatable bonds is 6. The molecule has 0 spiro atoms. The molecule has 7 nitrogen and oxygen atoms in total. The number of carbonyl (C=O) groups is 1. The molecule has 23 heavy (non-hydrogen) atoms. The van der Waals surface area contributed by atoms with Crippen LogP contribution >= 0.6 is 0 Å². The highest BCUT2D eigenvalue weighted by molar-refractivity contribution is 7.92. The first-order valence-electron chi connectivity index (χ1n) is 6.79. The van der Waals surface area contributed by atoms with Crippen molar-refractivity contribution in [2.45, 2.75) is 17.7 Å². The molecule has 2 aromatic rings. The molecule has 1 aromatic carbocycles. The van der Waals surface area contributed by atoms with Crippen LogP contribution in [0.5, 0.6) is 0 Å². The summed E-state index contributed by atoms with van der Waals surface area (Å²) in [5.74, 6) is -0.914. The van der Waals surface area contributed by atoms with Crippen LogP contribution in [-0.2, 0) is 28.3 Å². The molecule has 0 amide bonds. The summed E-state index contributed by atoms with van der Waals surface area (Å²) < 4.78 is 28.1. The van der Waals surface area contributed by atoms with Gasteiger partial charge in [0.05, 0.1) is 4.90 Å².